The van der Waals surface area contributed by atoms with E-state index in [4.69, 9.17) is 4.74 Å². The molecule has 0 saturated carbocycles. The molecule has 0 amide bonds. The third-order valence-corrected chi connectivity index (χ3v) is 5.96. The van der Waals surface area contributed by atoms with Crippen LogP contribution in [0.4, 0.5) is 0 Å². The van der Waals surface area contributed by atoms with Crippen LogP contribution in [0, 0.1) is 5.92 Å². The summed E-state index contributed by atoms with van der Waals surface area (Å²) in [5, 5.41) is 19.3. The number of aliphatic hydroxyl groups excluding tert-OH is 2. The fourth-order valence-corrected chi connectivity index (χ4v) is 4.16. The molecule has 1 aromatic carbocycles. The second kappa shape index (κ2) is 11.0. The lowest BCUT2D eigenvalue weighted by atomic mass is 9.94. The van der Waals surface area contributed by atoms with Crippen LogP contribution in [0.1, 0.15) is 44.1 Å². The number of ether oxygens (including phenoxy) is 1. The van der Waals surface area contributed by atoms with Crippen molar-refractivity contribution in [3.05, 3.63) is 29.8 Å². The minimum Gasteiger partial charge on any atom is -0.494 e. The van der Waals surface area contributed by atoms with Gasteiger partial charge in [-0.05, 0) is 76.0 Å². The fourth-order valence-electron chi connectivity index (χ4n) is 4.16. The summed E-state index contributed by atoms with van der Waals surface area (Å²) in [5.74, 6) is 0.975. The lowest BCUT2D eigenvalue weighted by Gasteiger charge is -2.35. The van der Waals surface area contributed by atoms with Gasteiger partial charge in [-0.25, -0.2) is 0 Å². The summed E-state index contributed by atoms with van der Waals surface area (Å²) >= 11 is 0. The van der Waals surface area contributed by atoms with Crippen molar-refractivity contribution in [2.45, 2.75) is 51.2 Å². The average Bonchev–Trinajstić information content (AvgIpc) is 2.70. The lowest BCUT2D eigenvalue weighted by Crippen LogP contribution is -2.44. The molecule has 5 nitrogen and oxygen atoms in total. The van der Waals surface area contributed by atoms with Gasteiger partial charge in [-0.15, -0.1) is 0 Å². The highest BCUT2D eigenvalue weighted by molar-refractivity contribution is 5.27. The molecular formula is C22H36N2O3. The predicted octanol–water partition coefficient (Wildman–Crippen LogP) is 2.51. The molecule has 2 N–H and O–H groups in total. The lowest BCUT2D eigenvalue weighted by molar-refractivity contribution is -0.00444. The third kappa shape index (κ3) is 6.75. The van der Waals surface area contributed by atoms with E-state index < -0.39 is 6.10 Å². The van der Waals surface area contributed by atoms with Crippen LogP contribution < -0.4 is 4.74 Å². The highest BCUT2D eigenvalue weighted by Gasteiger charge is 2.26. The summed E-state index contributed by atoms with van der Waals surface area (Å²) in [6, 6.07) is 8.34. The molecule has 1 aromatic rings. The van der Waals surface area contributed by atoms with Gasteiger partial charge in [0.2, 0.25) is 0 Å². The number of β-amino-alcohol motifs (C(OH)–C–C–N with tert-alkyl or cyclic N) is 1. The summed E-state index contributed by atoms with van der Waals surface area (Å²) in [5.41, 5.74) is 1.24. The van der Waals surface area contributed by atoms with E-state index in [1.165, 1.54) is 50.9 Å². The first kappa shape index (κ1) is 20.6. The van der Waals surface area contributed by atoms with Gasteiger partial charge < -0.3 is 19.8 Å². The van der Waals surface area contributed by atoms with Crippen molar-refractivity contribution in [2.24, 2.45) is 5.92 Å². The van der Waals surface area contributed by atoms with E-state index >= 15 is 0 Å². The molecule has 5 heteroatoms. The number of hydrogen-bond donors (Lipinski definition) is 2. The molecule has 0 aromatic heterocycles. The number of likely N-dealkylation sites (tertiary alicyclic amines) is 2. The van der Waals surface area contributed by atoms with Crippen molar-refractivity contribution in [1.82, 2.24) is 9.80 Å². The number of nitrogens with zero attached hydrogens (tertiary/aromatic N) is 2. The summed E-state index contributed by atoms with van der Waals surface area (Å²) in [4.78, 5) is 4.84. The number of unbranched alkanes of at least 4 members (excludes halogenated alkanes) is 1. The molecule has 2 aliphatic rings. The van der Waals surface area contributed by atoms with Crippen LogP contribution in [0.5, 0.6) is 5.75 Å². The SMILES string of the molecule is OC[C@H]1CCN(Cc2ccc(OCCCCN3CCCCC3)cc2)C[C@H]1O. The van der Waals surface area contributed by atoms with Gasteiger partial charge in [0.05, 0.1) is 12.7 Å². The molecule has 0 bridgehead atoms. The van der Waals surface area contributed by atoms with Crippen molar-refractivity contribution in [3.63, 3.8) is 0 Å². The number of aliphatic hydroxyl groups is 2. The number of hydrogen-bond acceptors (Lipinski definition) is 5. The van der Waals surface area contributed by atoms with Crippen LogP contribution in [0.3, 0.4) is 0 Å². The van der Waals surface area contributed by atoms with E-state index in [-0.39, 0.29) is 12.5 Å². The summed E-state index contributed by atoms with van der Waals surface area (Å²) in [6.07, 6.45) is 6.88. The molecule has 0 spiro atoms. The summed E-state index contributed by atoms with van der Waals surface area (Å²) in [7, 11) is 0. The van der Waals surface area contributed by atoms with Gasteiger partial charge in [0.15, 0.2) is 0 Å². The molecule has 2 saturated heterocycles. The minimum absolute atomic E-state index is 0.0342. The van der Waals surface area contributed by atoms with Crippen LogP contribution in [-0.2, 0) is 6.54 Å². The van der Waals surface area contributed by atoms with Crippen LogP contribution in [0.15, 0.2) is 24.3 Å². The molecule has 3 rings (SSSR count). The smallest absolute Gasteiger partial charge is 0.119 e. The Morgan fingerprint density at radius 3 is 2.44 bits per heavy atom. The Labute approximate surface area is 163 Å². The molecule has 2 fully saturated rings. The Balaban J connectivity index is 1.31. The predicted molar refractivity (Wildman–Crippen MR) is 108 cm³/mol. The number of benzene rings is 1. The molecule has 0 radical (unpaired) electrons. The first-order valence-corrected chi connectivity index (χ1v) is 10.7. The van der Waals surface area contributed by atoms with Crippen molar-refractivity contribution in [3.8, 4) is 5.75 Å². The Kier molecular flexibility index (Phi) is 8.39. The van der Waals surface area contributed by atoms with Crippen molar-refractivity contribution in [1.29, 1.82) is 0 Å². The second-order valence-corrected chi connectivity index (χ2v) is 8.14. The van der Waals surface area contributed by atoms with Gasteiger partial charge in [-0.3, -0.25) is 4.90 Å². The molecular weight excluding hydrogens is 340 g/mol. The van der Waals surface area contributed by atoms with E-state index in [2.05, 4.69) is 34.1 Å². The van der Waals surface area contributed by atoms with E-state index in [0.29, 0.717) is 6.54 Å². The van der Waals surface area contributed by atoms with E-state index in [1.807, 2.05) is 0 Å². The standard InChI is InChI=1S/C22H36N2O3/c25-18-20-10-14-24(17-22(20)26)16-19-6-8-21(9-7-19)27-15-5-4-13-23-11-2-1-3-12-23/h6-9,20,22,25-26H,1-5,10-18H2/t20-,22-/m1/s1. The molecule has 0 unspecified atom stereocenters. The van der Waals surface area contributed by atoms with Gasteiger partial charge in [0, 0.05) is 25.6 Å². The summed E-state index contributed by atoms with van der Waals surface area (Å²) in [6.45, 7) is 7.03. The number of piperidine rings is 2. The van der Waals surface area contributed by atoms with Gasteiger partial charge in [0.25, 0.3) is 0 Å². The maximum Gasteiger partial charge on any atom is 0.119 e. The molecule has 27 heavy (non-hydrogen) atoms. The Morgan fingerprint density at radius 1 is 0.963 bits per heavy atom. The largest absolute Gasteiger partial charge is 0.494 e. The van der Waals surface area contributed by atoms with E-state index in [1.54, 1.807) is 0 Å². The number of rotatable bonds is 9. The van der Waals surface area contributed by atoms with E-state index in [9.17, 15) is 10.2 Å². The highest BCUT2D eigenvalue weighted by Crippen LogP contribution is 2.20. The topological polar surface area (TPSA) is 56.2 Å². The zero-order valence-corrected chi connectivity index (χ0v) is 16.6. The maximum atomic E-state index is 10.1. The molecule has 152 valence electrons. The first-order valence-electron chi connectivity index (χ1n) is 10.7. The van der Waals surface area contributed by atoms with Gasteiger partial charge in [-0.2, -0.15) is 0 Å². The van der Waals surface area contributed by atoms with Crippen LogP contribution in [0.2, 0.25) is 0 Å². The van der Waals surface area contributed by atoms with Crippen LogP contribution in [-0.4, -0.2) is 72.1 Å². The Morgan fingerprint density at radius 2 is 1.74 bits per heavy atom. The monoisotopic (exact) mass is 376 g/mol. The minimum atomic E-state index is -0.420. The zero-order chi connectivity index (χ0) is 18.9. The molecule has 2 atom stereocenters. The molecule has 2 aliphatic heterocycles. The van der Waals surface area contributed by atoms with Crippen molar-refractivity contribution >= 4 is 0 Å². The Hall–Kier alpha value is -1.14. The van der Waals surface area contributed by atoms with Crippen molar-refractivity contribution in [2.75, 3.05) is 45.9 Å². The van der Waals surface area contributed by atoms with Crippen molar-refractivity contribution < 1.29 is 14.9 Å². The van der Waals surface area contributed by atoms with E-state index in [0.717, 1.165) is 38.3 Å². The van der Waals surface area contributed by atoms with Gasteiger partial charge >= 0.3 is 0 Å². The zero-order valence-electron chi connectivity index (χ0n) is 16.6. The second-order valence-electron chi connectivity index (χ2n) is 8.14. The average molecular weight is 377 g/mol. The Bertz CT molecular complexity index is 531. The van der Waals surface area contributed by atoms with Crippen LogP contribution in [0.25, 0.3) is 0 Å². The van der Waals surface area contributed by atoms with Gasteiger partial charge in [0.1, 0.15) is 5.75 Å². The fraction of sp³-hybridized carbons (Fsp3) is 0.727. The molecule has 2 heterocycles. The third-order valence-electron chi connectivity index (χ3n) is 5.96. The highest BCUT2D eigenvalue weighted by atomic mass is 16.5. The normalized spacial score (nSPS) is 24.8. The molecule has 0 aliphatic carbocycles. The summed E-state index contributed by atoms with van der Waals surface area (Å²) < 4.78 is 5.89. The first-order chi connectivity index (χ1) is 13.2. The van der Waals surface area contributed by atoms with Crippen LogP contribution >= 0.6 is 0 Å². The maximum absolute atomic E-state index is 10.1. The van der Waals surface area contributed by atoms with Gasteiger partial charge in [-0.1, -0.05) is 18.6 Å². The quantitative estimate of drug-likeness (QED) is 0.649.